The summed E-state index contributed by atoms with van der Waals surface area (Å²) in [5.41, 5.74) is 2.17. The van der Waals surface area contributed by atoms with Crippen LogP contribution in [0, 0.1) is 0 Å². The molecule has 0 saturated carbocycles. The molecule has 8 nitrogen and oxygen atoms in total. The number of aromatic nitrogens is 3. The van der Waals surface area contributed by atoms with E-state index in [9.17, 15) is 9.59 Å². The van der Waals surface area contributed by atoms with Crippen LogP contribution in [0.4, 0.5) is 0 Å². The Kier molecular flexibility index (Phi) is 6.42. The molecule has 2 aliphatic heterocycles. The van der Waals surface area contributed by atoms with Gasteiger partial charge in [0, 0.05) is 26.2 Å². The molecule has 2 fully saturated rings. The number of amides is 1. The normalized spacial score (nSPS) is 20.2. The summed E-state index contributed by atoms with van der Waals surface area (Å²) >= 11 is 0. The van der Waals surface area contributed by atoms with Crippen LogP contribution in [0.15, 0.2) is 30.5 Å². The molecule has 4 rings (SSSR count). The molecular weight excluding hydrogens is 382 g/mol. The summed E-state index contributed by atoms with van der Waals surface area (Å²) in [6.07, 6.45) is 7.24. The van der Waals surface area contributed by atoms with Gasteiger partial charge in [-0.3, -0.25) is 9.69 Å². The van der Waals surface area contributed by atoms with Crippen LogP contribution in [0.25, 0.3) is 0 Å². The minimum absolute atomic E-state index is 0.000638. The second-order valence-corrected chi connectivity index (χ2v) is 8.16. The smallest absolute Gasteiger partial charge is 0.337 e. The van der Waals surface area contributed by atoms with Gasteiger partial charge in [-0.15, -0.1) is 5.10 Å². The molecule has 2 aliphatic rings. The van der Waals surface area contributed by atoms with E-state index in [1.165, 1.54) is 13.5 Å². The number of nitrogens with zero attached hydrogens (tertiary/aromatic N) is 5. The van der Waals surface area contributed by atoms with Gasteiger partial charge in [0.25, 0.3) is 5.91 Å². The maximum atomic E-state index is 12.7. The van der Waals surface area contributed by atoms with Crippen LogP contribution in [0.2, 0.25) is 0 Å². The van der Waals surface area contributed by atoms with Crippen LogP contribution < -0.4 is 0 Å². The molecule has 1 atom stereocenters. The predicted molar refractivity (Wildman–Crippen MR) is 111 cm³/mol. The van der Waals surface area contributed by atoms with Crippen molar-refractivity contribution < 1.29 is 14.3 Å². The van der Waals surface area contributed by atoms with Crippen molar-refractivity contribution in [3.05, 3.63) is 47.3 Å². The van der Waals surface area contributed by atoms with Crippen molar-refractivity contribution in [3.8, 4) is 0 Å². The first-order valence-corrected chi connectivity index (χ1v) is 10.7. The summed E-state index contributed by atoms with van der Waals surface area (Å²) in [4.78, 5) is 28.5. The standard InChI is InChI=1S/C22H29N5O3/c1-30-22(29)18-9-7-17(8-10-18)14-25-11-5-6-19(15-25)27-16-20(23-24-27)21(28)26-12-3-2-4-13-26/h7-10,16,19H,2-6,11-15H2,1H3/t19-/m1/s1. The van der Waals surface area contributed by atoms with Gasteiger partial charge in [0.1, 0.15) is 0 Å². The number of piperidine rings is 2. The Hall–Kier alpha value is -2.74. The molecule has 0 bridgehead atoms. The molecule has 0 N–H and O–H groups in total. The maximum absolute atomic E-state index is 12.7. The van der Waals surface area contributed by atoms with E-state index in [1.54, 1.807) is 12.1 Å². The zero-order valence-corrected chi connectivity index (χ0v) is 17.5. The van der Waals surface area contributed by atoms with Crippen molar-refractivity contribution >= 4 is 11.9 Å². The van der Waals surface area contributed by atoms with Gasteiger partial charge in [-0.2, -0.15) is 0 Å². The third kappa shape index (κ3) is 4.70. The van der Waals surface area contributed by atoms with Crippen molar-refractivity contribution in [1.29, 1.82) is 0 Å². The molecule has 2 saturated heterocycles. The minimum atomic E-state index is -0.319. The van der Waals surface area contributed by atoms with Crippen LogP contribution in [0.3, 0.4) is 0 Å². The Balaban J connectivity index is 1.36. The van der Waals surface area contributed by atoms with Crippen LogP contribution in [0.1, 0.15) is 64.6 Å². The molecule has 1 aromatic heterocycles. The van der Waals surface area contributed by atoms with Gasteiger partial charge < -0.3 is 9.64 Å². The maximum Gasteiger partial charge on any atom is 0.337 e. The van der Waals surface area contributed by atoms with Crippen molar-refractivity contribution in [2.45, 2.75) is 44.7 Å². The topological polar surface area (TPSA) is 80.6 Å². The van der Waals surface area contributed by atoms with E-state index in [0.29, 0.717) is 11.3 Å². The highest BCUT2D eigenvalue weighted by molar-refractivity contribution is 5.92. The van der Waals surface area contributed by atoms with E-state index >= 15 is 0 Å². The molecule has 30 heavy (non-hydrogen) atoms. The first-order valence-electron chi connectivity index (χ1n) is 10.7. The molecule has 160 valence electrons. The molecule has 1 aromatic carbocycles. The molecule has 0 aliphatic carbocycles. The van der Waals surface area contributed by atoms with E-state index in [0.717, 1.165) is 64.0 Å². The number of benzene rings is 1. The summed E-state index contributed by atoms with van der Waals surface area (Å²) in [6.45, 7) is 4.32. The van der Waals surface area contributed by atoms with Gasteiger partial charge in [-0.05, 0) is 56.3 Å². The third-order valence-electron chi connectivity index (χ3n) is 6.01. The number of carbonyl (C=O) groups excluding carboxylic acids is 2. The number of esters is 1. The zero-order valence-electron chi connectivity index (χ0n) is 17.5. The molecule has 0 unspecified atom stereocenters. The van der Waals surface area contributed by atoms with Crippen LogP contribution in [-0.4, -0.2) is 70.0 Å². The fourth-order valence-electron chi connectivity index (χ4n) is 4.33. The third-order valence-corrected chi connectivity index (χ3v) is 6.01. The number of hydrogen-bond acceptors (Lipinski definition) is 6. The van der Waals surface area contributed by atoms with Crippen molar-refractivity contribution in [2.24, 2.45) is 0 Å². The van der Waals surface area contributed by atoms with Gasteiger partial charge in [0.05, 0.1) is 24.9 Å². The summed E-state index contributed by atoms with van der Waals surface area (Å²) in [5, 5.41) is 8.45. The Morgan fingerprint density at radius 3 is 2.57 bits per heavy atom. The highest BCUT2D eigenvalue weighted by atomic mass is 16.5. The number of likely N-dealkylation sites (tertiary alicyclic amines) is 2. The van der Waals surface area contributed by atoms with Gasteiger partial charge in [0.2, 0.25) is 0 Å². The van der Waals surface area contributed by atoms with Gasteiger partial charge in [-0.1, -0.05) is 17.3 Å². The lowest BCUT2D eigenvalue weighted by Gasteiger charge is -2.32. The first kappa shape index (κ1) is 20.5. The van der Waals surface area contributed by atoms with E-state index < -0.39 is 0 Å². The first-order chi connectivity index (χ1) is 14.6. The van der Waals surface area contributed by atoms with Crippen LogP contribution >= 0.6 is 0 Å². The fourth-order valence-corrected chi connectivity index (χ4v) is 4.33. The number of rotatable bonds is 5. The number of hydrogen-bond donors (Lipinski definition) is 0. The molecule has 0 spiro atoms. The lowest BCUT2D eigenvalue weighted by Crippen LogP contribution is -2.36. The molecular formula is C22H29N5O3. The summed E-state index contributed by atoms with van der Waals surface area (Å²) < 4.78 is 6.62. The molecule has 3 heterocycles. The van der Waals surface area contributed by atoms with Crippen LogP contribution in [-0.2, 0) is 11.3 Å². The second-order valence-electron chi connectivity index (χ2n) is 8.16. The average Bonchev–Trinajstić information content (AvgIpc) is 3.30. The van der Waals surface area contributed by atoms with Crippen molar-refractivity contribution in [1.82, 2.24) is 24.8 Å². The minimum Gasteiger partial charge on any atom is -0.465 e. The monoisotopic (exact) mass is 411 g/mol. The molecule has 0 radical (unpaired) electrons. The SMILES string of the molecule is COC(=O)c1ccc(CN2CCC[C@@H](n3cc(C(=O)N4CCCCC4)nn3)C2)cc1. The number of methoxy groups -OCH3 is 1. The van der Waals surface area contributed by atoms with Crippen molar-refractivity contribution in [3.63, 3.8) is 0 Å². The zero-order chi connectivity index (χ0) is 20.9. The predicted octanol–water partition coefficient (Wildman–Crippen LogP) is 2.53. The van der Waals surface area contributed by atoms with Gasteiger partial charge in [-0.25, -0.2) is 9.48 Å². The summed E-state index contributed by atoms with van der Waals surface area (Å²) in [7, 11) is 1.39. The second kappa shape index (κ2) is 9.38. The summed E-state index contributed by atoms with van der Waals surface area (Å²) in [6, 6.07) is 7.77. The highest BCUT2D eigenvalue weighted by Gasteiger charge is 2.25. The van der Waals surface area contributed by atoms with Gasteiger partial charge >= 0.3 is 5.97 Å². The Morgan fingerprint density at radius 2 is 1.83 bits per heavy atom. The quantitative estimate of drug-likeness (QED) is 0.704. The van der Waals surface area contributed by atoms with E-state index in [-0.39, 0.29) is 17.9 Å². The van der Waals surface area contributed by atoms with E-state index in [4.69, 9.17) is 4.74 Å². The molecule has 2 aromatic rings. The van der Waals surface area contributed by atoms with E-state index in [2.05, 4.69) is 15.2 Å². The lowest BCUT2D eigenvalue weighted by molar-refractivity contribution is 0.0600. The van der Waals surface area contributed by atoms with Crippen LogP contribution in [0.5, 0.6) is 0 Å². The fraction of sp³-hybridized carbons (Fsp3) is 0.545. The Morgan fingerprint density at radius 1 is 1.07 bits per heavy atom. The van der Waals surface area contributed by atoms with Crippen molar-refractivity contribution in [2.75, 3.05) is 33.3 Å². The number of ether oxygens (including phenoxy) is 1. The van der Waals surface area contributed by atoms with E-state index in [1.807, 2.05) is 27.9 Å². The largest absolute Gasteiger partial charge is 0.465 e. The highest BCUT2D eigenvalue weighted by Crippen LogP contribution is 2.23. The Bertz CT molecular complexity index is 873. The number of carbonyl (C=O) groups is 2. The molecule has 8 heteroatoms. The van der Waals surface area contributed by atoms with Gasteiger partial charge in [0.15, 0.2) is 5.69 Å². The average molecular weight is 412 g/mol. The Labute approximate surface area is 176 Å². The summed E-state index contributed by atoms with van der Waals surface area (Å²) in [5.74, 6) is -0.319. The lowest BCUT2D eigenvalue weighted by atomic mass is 10.0. The molecule has 1 amide bonds.